The van der Waals surface area contributed by atoms with E-state index in [1.807, 2.05) is 11.0 Å². The fourth-order valence-corrected chi connectivity index (χ4v) is 3.71. The van der Waals surface area contributed by atoms with Crippen LogP contribution in [0.5, 0.6) is 0 Å². The summed E-state index contributed by atoms with van der Waals surface area (Å²) in [4.78, 5) is 15.4. The quantitative estimate of drug-likeness (QED) is 0.932. The molecule has 0 aliphatic carbocycles. The lowest BCUT2D eigenvalue weighted by Crippen LogP contribution is -2.54. The van der Waals surface area contributed by atoms with Crippen LogP contribution in [0.25, 0.3) is 0 Å². The zero-order chi connectivity index (χ0) is 14.7. The van der Waals surface area contributed by atoms with Crippen molar-refractivity contribution in [1.29, 1.82) is 0 Å². The maximum atomic E-state index is 12.3. The van der Waals surface area contributed by atoms with Crippen LogP contribution >= 0.6 is 11.3 Å². The van der Waals surface area contributed by atoms with Gasteiger partial charge in [-0.25, -0.2) is 4.79 Å². The highest BCUT2D eigenvalue weighted by atomic mass is 32.1. The Bertz CT molecular complexity index is 471. The Labute approximate surface area is 129 Å². The van der Waals surface area contributed by atoms with Crippen molar-refractivity contribution in [3.8, 4) is 0 Å². The van der Waals surface area contributed by atoms with Gasteiger partial charge in [0.1, 0.15) is 0 Å². The number of hydrogen-bond acceptors (Lipinski definition) is 4. The minimum Gasteiger partial charge on any atom is -0.346 e. The predicted octanol–water partition coefficient (Wildman–Crippen LogP) is 2.40. The van der Waals surface area contributed by atoms with Crippen molar-refractivity contribution in [2.24, 2.45) is 0 Å². The van der Waals surface area contributed by atoms with Crippen molar-refractivity contribution in [1.82, 2.24) is 10.2 Å². The summed E-state index contributed by atoms with van der Waals surface area (Å²) in [5, 5.41) is 5.10. The highest BCUT2D eigenvalue weighted by molar-refractivity contribution is 7.10. The molecule has 2 aliphatic heterocycles. The molecule has 1 aromatic rings. The molecule has 5 nitrogen and oxygen atoms in total. The Hall–Kier alpha value is -1.11. The van der Waals surface area contributed by atoms with Crippen LogP contribution in [0.1, 0.15) is 30.6 Å². The first-order valence-corrected chi connectivity index (χ1v) is 8.41. The average molecular weight is 310 g/mol. The Morgan fingerprint density at radius 2 is 2.33 bits per heavy atom. The van der Waals surface area contributed by atoms with Crippen molar-refractivity contribution in [2.45, 2.75) is 31.5 Å². The Balaban J connectivity index is 1.51. The van der Waals surface area contributed by atoms with E-state index in [0.29, 0.717) is 32.2 Å². The van der Waals surface area contributed by atoms with Gasteiger partial charge in [-0.1, -0.05) is 13.0 Å². The predicted molar refractivity (Wildman–Crippen MR) is 81.6 cm³/mol. The van der Waals surface area contributed by atoms with Crippen LogP contribution in [0.15, 0.2) is 17.5 Å². The van der Waals surface area contributed by atoms with Crippen molar-refractivity contribution in [2.75, 3.05) is 32.8 Å². The largest absolute Gasteiger partial charge is 0.346 e. The number of ether oxygens (including phenoxy) is 2. The minimum atomic E-state index is -0.547. The lowest BCUT2D eigenvalue weighted by Gasteiger charge is -2.38. The second-order valence-corrected chi connectivity index (χ2v) is 6.71. The van der Waals surface area contributed by atoms with Gasteiger partial charge in [-0.05, 0) is 17.9 Å². The number of piperidine rings is 1. The number of carbonyl (C=O) groups is 1. The molecule has 0 saturated carbocycles. The number of rotatable bonds is 3. The maximum Gasteiger partial charge on any atom is 0.317 e. The summed E-state index contributed by atoms with van der Waals surface area (Å²) in [6, 6.07) is 4.13. The number of hydrogen-bond donors (Lipinski definition) is 1. The molecule has 116 valence electrons. The average Bonchev–Trinajstić information content (AvgIpc) is 3.16. The third-order valence-corrected chi connectivity index (χ3v) is 5.21. The second-order valence-electron chi connectivity index (χ2n) is 5.74. The van der Waals surface area contributed by atoms with E-state index in [0.717, 1.165) is 19.4 Å². The number of carbonyl (C=O) groups excluding carboxylic acids is 1. The topological polar surface area (TPSA) is 50.8 Å². The first kappa shape index (κ1) is 14.8. The number of nitrogens with zero attached hydrogens (tertiary/aromatic N) is 1. The first-order chi connectivity index (χ1) is 10.2. The van der Waals surface area contributed by atoms with E-state index in [-0.39, 0.29) is 6.03 Å². The molecule has 2 amide bonds. The number of likely N-dealkylation sites (tertiary alicyclic amines) is 1. The third-order valence-electron chi connectivity index (χ3n) is 4.11. The van der Waals surface area contributed by atoms with Crippen LogP contribution in [0, 0.1) is 0 Å². The molecular formula is C15H22N2O3S. The molecule has 0 bridgehead atoms. The molecule has 1 N–H and O–H groups in total. The van der Waals surface area contributed by atoms with Crippen molar-refractivity contribution in [3.05, 3.63) is 22.4 Å². The zero-order valence-corrected chi connectivity index (χ0v) is 13.2. The van der Waals surface area contributed by atoms with Gasteiger partial charge < -0.3 is 19.7 Å². The minimum absolute atomic E-state index is 0.0171. The molecule has 6 heteroatoms. The Morgan fingerprint density at radius 3 is 3.05 bits per heavy atom. The van der Waals surface area contributed by atoms with E-state index in [4.69, 9.17) is 9.47 Å². The monoisotopic (exact) mass is 310 g/mol. The summed E-state index contributed by atoms with van der Waals surface area (Å²) < 4.78 is 11.4. The molecule has 2 fully saturated rings. The Kier molecular flexibility index (Phi) is 4.47. The molecule has 3 rings (SSSR count). The number of nitrogens with one attached hydrogen (secondary N) is 1. The van der Waals surface area contributed by atoms with Gasteiger partial charge in [0.15, 0.2) is 5.79 Å². The molecule has 1 atom stereocenters. The standard InChI is InChI=1S/C15H22N2O3S/c1-12(13-4-2-9-21-13)10-16-14(18)17-6-3-5-15(11-17)19-7-8-20-15/h2,4,9,12H,3,5-8,10-11H2,1H3,(H,16,18). The Morgan fingerprint density at radius 1 is 1.52 bits per heavy atom. The van der Waals surface area contributed by atoms with Gasteiger partial charge in [-0.3, -0.25) is 0 Å². The fraction of sp³-hybridized carbons (Fsp3) is 0.667. The third kappa shape index (κ3) is 3.39. The van der Waals surface area contributed by atoms with Crippen LogP contribution in [0.2, 0.25) is 0 Å². The van der Waals surface area contributed by atoms with Gasteiger partial charge in [0.2, 0.25) is 0 Å². The van der Waals surface area contributed by atoms with Crippen LogP contribution in [0.4, 0.5) is 4.79 Å². The molecule has 2 aliphatic rings. The van der Waals surface area contributed by atoms with Crippen LogP contribution in [0.3, 0.4) is 0 Å². The number of urea groups is 1. The normalized spacial score (nSPS) is 22.4. The summed E-state index contributed by atoms with van der Waals surface area (Å²) in [7, 11) is 0. The van der Waals surface area contributed by atoms with Crippen LogP contribution in [-0.4, -0.2) is 49.6 Å². The van der Waals surface area contributed by atoms with Gasteiger partial charge >= 0.3 is 6.03 Å². The van der Waals surface area contributed by atoms with Gasteiger partial charge in [-0.2, -0.15) is 0 Å². The highest BCUT2D eigenvalue weighted by Gasteiger charge is 2.42. The summed E-state index contributed by atoms with van der Waals surface area (Å²) in [6.45, 7) is 5.35. The summed E-state index contributed by atoms with van der Waals surface area (Å²) in [6.07, 6.45) is 1.80. The molecule has 21 heavy (non-hydrogen) atoms. The number of amides is 2. The van der Waals surface area contributed by atoms with Crippen molar-refractivity contribution < 1.29 is 14.3 Å². The van der Waals surface area contributed by atoms with Gasteiger partial charge in [-0.15, -0.1) is 11.3 Å². The van der Waals surface area contributed by atoms with Crippen LogP contribution in [-0.2, 0) is 9.47 Å². The second kappa shape index (κ2) is 6.34. The van der Waals surface area contributed by atoms with Gasteiger partial charge in [0.25, 0.3) is 0 Å². The molecule has 0 radical (unpaired) electrons. The molecule has 1 unspecified atom stereocenters. The SMILES string of the molecule is CC(CNC(=O)N1CCCC2(C1)OCCO2)c1cccs1. The lowest BCUT2D eigenvalue weighted by atomic mass is 10.1. The first-order valence-electron chi connectivity index (χ1n) is 7.53. The fourth-order valence-electron chi connectivity index (χ4n) is 2.92. The zero-order valence-electron chi connectivity index (χ0n) is 12.3. The van der Waals surface area contributed by atoms with E-state index < -0.39 is 5.79 Å². The van der Waals surface area contributed by atoms with E-state index in [1.54, 1.807) is 11.3 Å². The van der Waals surface area contributed by atoms with Crippen molar-refractivity contribution >= 4 is 17.4 Å². The molecule has 1 spiro atoms. The number of thiophene rings is 1. The molecule has 2 saturated heterocycles. The molecule has 3 heterocycles. The smallest absolute Gasteiger partial charge is 0.317 e. The summed E-state index contributed by atoms with van der Waals surface area (Å²) in [5.74, 6) is -0.207. The molecule has 0 aromatic carbocycles. The molecule has 1 aromatic heterocycles. The van der Waals surface area contributed by atoms with Gasteiger partial charge in [0.05, 0.1) is 19.8 Å². The lowest BCUT2D eigenvalue weighted by molar-refractivity contribution is -0.182. The maximum absolute atomic E-state index is 12.3. The van der Waals surface area contributed by atoms with Crippen molar-refractivity contribution in [3.63, 3.8) is 0 Å². The summed E-state index contributed by atoms with van der Waals surface area (Å²) in [5.41, 5.74) is 0. The van der Waals surface area contributed by atoms with Gasteiger partial charge in [0, 0.05) is 30.3 Å². The highest BCUT2D eigenvalue weighted by Crippen LogP contribution is 2.30. The molecular weight excluding hydrogens is 288 g/mol. The van der Waals surface area contributed by atoms with E-state index in [2.05, 4.69) is 23.7 Å². The van der Waals surface area contributed by atoms with E-state index >= 15 is 0 Å². The van der Waals surface area contributed by atoms with E-state index in [9.17, 15) is 4.79 Å². The van der Waals surface area contributed by atoms with E-state index in [1.165, 1.54) is 4.88 Å². The summed E-state index contributed by atoms with van der Waals surface area (Å²) >= 11 is 1.73. The van der Waals surface area contributed by atoms with Crippen LogP contribution < -0.4 is 5.32 Å².